The van der Waals surface area contributed by atoms with Gasteiger partial charge in [-0.05, 0) is 38.0 Å². The van der Waals surface area contributed by atoms with Gasteiger partial charge in [0.25, 0.3) is 0 Å². The predicted molar refractivity (Wildman–Crippen MR) is 86.2 cm³/mol. The minimum absolute atomic E-state index is 0.0742. The van der Waals surface area contributed by atoms with Gasteiger partial charge in [0.15, 0.2) is 0 Å². The first-order chi connectivity index (χ1) is 10.2. The summed E-state index contributed by atoms with van der Waals surface area (Å²) in [5, 5.41) is 9.82. The van der Waals surface area contributed by atoms with Crippen molar-refractivity contribution >= 4 is 17.7 Å². The number of rotatable bonds is 4. The number of aryl methyl sites for hydroxylation is 1. The van der Waals surface area contributed by atoms with Crippen LogP contribution in [0.3, 0.4) is 0 Å². The lowest BCUT2D eigenvalue weighted by Gasteiger charge is -2.31. The number of hydrogen-bond acceptors (Lipinski definition) is 3. The summed E-state index contributed by atoms with van der Waals surface area (Å²) in [6, 6.07) is -0.0742. The van der Waals surface area contributed by atoms with E-state index in [4.69, 9.17) is 11.6 Å². The largest absolute Gasteiger partial charge is 0.465 e. The second-order valence-electron chi connectivity index (χ2n) is 6.86. The van der Waals surface area contributed by atoms with Crippen LogP contribution in [0.1, 0.15) is 57.6 Å². The molecule has 22 heavy (non-hydrogen) atoms. The zero-order valence-electron chi connectivity index (χ0n) is 13.7. The molecule has 1 aliphatic carbocycles. The highest BCUT2D eigenvalue weighted by Crippen LogP contribution is 2.36. The zero-order chi connectivity index (χ0) is 16.5. The van der Waals surface area contributed by atoms with E-state index in [0.717, 1.165) is 36.9 Å². The lowest BCUT2D eigenvalue weighted by atomic mass is 9.76. The summed E-state index contributed by atoms with van der Waals surface area (Å²) in [5.74, 6) is 0.492. The van der Waals surface area contributed by atoms with E-state index in [0.29, 0.717) is 11.0 Å². The molecule has 122 valence electrons. The Balaban J connectivity index is 2.27. The molecule has 1 unspecified atom stereocenters. The van der Waals surface area contributed by atoms with E-state index in [2.05, 4.69) is 23.8 Å². The highest BCUT2D eigenvalue weighted by Gasteiger charge is 2.29. The molecule has 1 atom stereocenters. The molecule has 2 rings (SSSR count). The number of carbonyl (C=O) groups is 1. The molecule has 1 aromatic heterocycles. The van der Waals surface area contributed by atoms with Gasteiger partial charge in [0.05, 0.1) is 6.54 Å². The van der Waals surface area contributed by atoms with Gasteiger partial charge >= 0.3 is 6.09 Å². The molecule has 0 radical (unpaired) electrons. The summed E-state index contributed by atoms with van der Waals surface area (Å²) in [6.07, 6.45) is 2.59. The van der Waals surface area contributed by atoms with Crippen molar-refractivity contribution in [2.45, 2.75) is 66.0 Å². The van der Waals surface area contributed by atoms with Crippen LogP contribution in [0.2, 0.25) is 5.15 Å². The minimum atomic E-state index is -0.951. The van der Waals surface area contributed by atoms with Gasteiger partial charge in [0.1, 0.15) is 11.0 Å². The van der Waals surface area contributed by atoms with Crippen molar-refractivity contribution in [3.05, 3.63) is 22.2 Å². The van der Waals surface area contributed by atoms with Crippen LogP contribution in [0.5, 0.6) is 0 Å². The van der Waals surface area contributed by atoms with Gasteiger partial charge in [0.2, 0.25) is 0 Å². The summed E-state index contributed by atoms with van der Waals surface area (Å²) >= 11 is 6.33. The number of aromatic nitrogens is 2. The monoisotopic (exact) mass is 325 g/mol. The Kier molecular flexibility index (Phi) is 4.95. The number of fused-ring (bicyclic) bond motifs is 1. The quantitative estimate of drug-likeness (QED) is 0.852. The summed E-state index contributed by atoms with van der Waals surface area (Å²) in [7, 11) is 0. The number of nitrogens with zero attached hydrogens (tertiary/aromatic N) is 3. The fourth-order valence-electron chi connectivity index (χ4n) is 2.81. The predicted octanol–water partition coefficient (Wildman–Crippen LogP) is 3.92. The second kappa shape index (κ2) is 6.41. The van der Waals surface area contributed by atoms with E-state index in [-0.39, 0.29) is 18.0 Å². The maximum absolute atomic E-state index is 11.4. The lowest BCUT2D eigenvalue weighted by molar-refractivity contribution is 0.121. The van der Waals surface area contributed by atoms with E-state index >= 15 is 0 Å². The molecule has 0 saturated heterocycles. The van der Waals surface area contributed by atoms with E-state index in [1.165, 1.54) is 4.90 Å². The first kappa shape index (κ1) is 17.0. The third kappa shape index (κ3) is 3.69. The molecule has 0 saturated carbocycles. The van der Waals surface area contributed by atoms with Crippen LogP contribution in [0.25, 0.3) is 0 Å². The van der Waals surface area contributed by atoms with Crippen LogP contribution in [-0.4, -0.2) is 32.1 Å². The van der Waals surface area contributed by atoms with Crippen molar-refractivity contribution in [2.24, 2.45) is 5.41 Å². The first-order valence-electron chi connectivity index (χ1n) is 7.77. The average Bonchev–Trinajstić information content (AvgIpc) is 2.44. The Morgan fingerprint density at radius 3 is 2.73 bits per heavy atom. The SMILES string of the molecule is CCC(C)N(Cc1nc(Cl)c2c(n1)CCC(C)(C)C2)C(=O)O. The lowest BCUT2D eigenvalue weighted by Crippen LogP contribution is -2.37. The number of amides is 1. The van der Waals surface area contributed by atoms with Gasteiger partial charge in [0, 0.05) is 17.3 Å². The molecule has 0 fully saturated rings. The Bertz CT molecular complexity index is 575. The zero-order valence-corrected chi connectivity index (χ0v) is 14.4. The Hall–Kier alpha value is -1.36. The van der Waals surface area contributed by atoms with Crippen molar-refractivity contribution in [3.63, 3.8) is 0 Å². The highest BCUT2D eigenvalue weighted by atomic mass is 35.5. The molecule has 1 amide bonds. The van der Waals surface area contributed by atoms with E-state index in [1.807, 2.05) is 13.8 Å². The maximum atomic E-state index is 11.4. The highest BCUT2D eigenvalue weighted by molar-refractivity contribution is 6.30. The number of halogens is 1. The molecule has 1 aromatic rings. The average molecular weight is 326 g/mol. The van der Waals surface area contributed by atoms with Gasteiger partial charge in [-0.3, -0.25) is 4.90 Å². The normalized spacial score (nSPS) is 17.7. The summed E-state index contributed by atoms with van der Waals surface area (Å²) in [5.41, 5.74) is 2.21. The van der Waals surface area contributed by atoms with Crippen LogP contribution < -0.4 is 0 Å². The summed E-state index contributed by atoms with van der Waals surface area (Å²) < 4.78 is 0. The standard InChI is InChI=1S/C16H24ClN3O2/c1-5-10(2)20(15(21)22)9-13-18-12-6-7-16(3,4)8-11(12)14(17)19-13/h10H,5-9H2,1-4H3,(H,21,22). The molecule has 1 N–H and O–H groups in total. The van der Waals surface area contributed by atoms with Crippen molar-refractivity contribution in [1.82, 2.24) is 14.9 Å². The van der Waals surface area contributed by atoms with Crippen molar-refractivity contribution in [2.75, 3.05) is 0 Å². The van der Waals surface area contributed by atoms with Crippen LogP contribution in [0, 0.1) is 5.41 Å². The van der Waals surface area contributed by atoms with Crippen LogP contribution in [-0.2, 0) is 19.4 Å². The molecule has 5 nitrogen and oxygen atoms in total. The topological polar surface area (TPSA) is 66.3 Å². The van der Waals surface area contributed by atoms with Gasteiger partial charge in [-0.25, -0.2) is 14.8 Å². The van der Waals surface area contributed by atoms with Crippen molar-refractivity contribution < 1.29 is 9.90 Å². The van der Waals surface area contributed by atoms with E-state index in [1.54, 1.807) is 0 Å². The molecule has 0 aliphatic heterocycles. The Morgan fingerprint density at radius 1 is 1.45 bits per heavy atom. The van der Waals surface area contributed by atoms with Crippen LogP contribution in [0.4, 0.5) is 4.79 Å². The Labute approximate surface area is 136 Å². The smallest absolute Gasteiger partial charge is 0.407 e. The first-order valence-corrected chi connectivity index (χ1v) is 8.15. The van der Waals surface area contributed by atoms with Gasteiger partial charge in [-0.1, -0.05) is 32.4 Å². The fraction of sp³-hybridized carbons (Fsp3) is 0.688. The van der Waals surface area contributed by atoms with Crippen LogP contribution >= 0.6 is 11.6 Å². The van der Waals surface area contributed by atoms with Gasteiger partial charge < -0.3 is 5.11 Å². The summed E-state index contributed by atoms with van der Waals surface area (Å²) in [4.78, 5) is 21.7. The molecular weight excluding hydrogens is 302 g/mol. The molecule has 0 bridgehead atoms. The molecule has 1 aliphatic rings. The van der Waals surface area contributed by atoms with Gasteiger partial charge in [-0.2, -0.15) is 0 Å². The van der Waals surface area contributed by atoms with Crippen molar-refractivity contribution in [3.8, 4) is 0 Å². The molecule has 6 heteroatoms. The third-order valence-corrected chi connectivity index (χ3v) is 4.78. The van der Waals surface area contributed by atoms with E-state index in [9.17, 15) is 9.90 Å². The van der Waals surface area contributed by atoms with Crippen LogP contribution in [0.15, 0.2) is 0 Å². The fourth-order valence-corrected chi connectivity index (χ4v) is 3.08. The number of carboxylic acid groups (broad SMARTS) is 1. The molecule has 0 aromatic carbocycles. The van der Waals surface area contributed by atoms with Gasteiger partial charge in [-0.15, -0.1) is 0 Å². The molecule has 1 heterocycles. The minimum Gasteiger partial charge on any atom is -0.465 e. The second-order valence-corrected chi connectivity index (χ2v) is 7.22. The Morgan fingerprint density at radius 2 is 2.14 bits per heavy atom. The van der Waals surface area contributed by atoms with Crippen molar-refractivity contribution in [1.29, 1.82) is 0 Å². The third-order valence-electron chi connectivity index (χ3n) is 4.46. The molecular formula is C16H24ClN3O2. The number of hydrogen-bond donors (Lipinski definition) is 1. The van der Waals surface area contributed by atoms with E-state index < -0.39 is 6.09 Å². The molecule has 0 spiro atoms. The maximum Gasteiger partial charge on any atom is 0.407 e. The summed E-state index contributed by atoms with van der Waals surface area (Å²) in [6.45, 7) is 8.46.